The first-order valence-corrected chi connectivity index (χ1v) is 8.96. The molecule has 31 heavy (non-hydrogen) atoms. The van der Waals surface area contributed by atoms with E-state index in [4.69, 9.17) is 0 Å². The number of alkyl halides is 3. The molecule has 0 radical (unpaired) electrons. The first-order valence-electron chi connectivity index (χ1n) is 8.96. The Balaban J connectivity index is 1.78. The van der Waals surface area contributed by atoms with Crippen LogP contribution in [0.2, 0.25) is 0 Å². The third-order valence-corrected chi connectivity index (χ3v) is 4.52. The molecule has 10 heteroatoms. The molecule has 158 valence electrons. The molecule has 0 bridgehead atoms. The minimum absolute atomic E-state index is 0.0559. The highest BCUT2D eigenvalue weighted by Gasteiger charge is 2.43. The van der Waals surface area contributed by atoms with Gasteiger partial charge in [-0.3, -0.25) is 14.2 Å². The van der Waals surface area contributed by atoms with Gasteiger partial charge in [-0.2, -0.15) is 13.2 Å². The van der Waals surface area contributed by atoms with E-state index >= 15 is 0 Å². The van der Waals surface area contributed by atoms with Crippen molar-refractivity contribution in [3.63, 3.8) is 0 Å². The Morgan fingerprint density at radius 3 is 2.48 bits per heavy atom. The van der Waals surface area contributed by atoms with E-state index in [1.54, 1.807) is 12.1 Å². The summed E-state index contributed by atoms with van der Waals surface area (Å²) in [7, 11) is 0. The molecule has 4 aromatic rings. The Labute approximate surface area is 172 Å². The van der Waals surface area contributed by atoms with Crippen molar-refractivity contribution < 1.29 is 26.7 Å². The van der Waals surface area contributed by atoms with E-state index in [0.29, 0.717) is 6.07 Å². The average molecular weight is 432 g/mol. The highest BCUT2D eigenvalue weighted by Crippen LogP contribution is 2.32. The lowest BCUT2D eigenvalue weighted by atomic mass is 10.1. The number of imidazole rings is 1. The Bertz CT molecular complexity index is 1250. The van der Waals surface area contributed by atoms with Gasteiger partial charge in [-0.15, -0.1) is 0 Å². The van der Waals surface area contributed by atoms with Gasteiger partial charge in [0.05, 0.1) is 16.8 Å². The van der Waals surface area contributed by atoms with Gasteiger partial charge in [-0.25, -0.2) is 13.8 Å². The van der Waals surface area contributed by atoms with Crippen molar-refractivity contribution in [3.05, 3.63) is 90.0 Å². The maximum Gasteiger partial charge on any atom is 0.414 e. The monoisotopic (exact) mass is 432 g/mol. The van der Waals surface area contributed by atoms with Gasteiger partial charge in [0.2, 0.25) is 0 Å². The second-order valence-electron chi connectivity index (χ2n) is 6.57. The Morgan fingerprint density at radius 1 is 1.03 bits per heavy atom. The Kier molecular flexibility index (Phi) is 5.14. The predicted molar refractivity (Wildman–Crippen MR) is 101 cm³/mol. The van der Waals surface area contributed by atoms with Gasteiger partial charge in [0.25, 0.3) is 5.91 Å². The lowest BCUT2D eigenvalue weighted by molar-refractivity contribution is -0.156. The first-order chi connectivity index (χ1) is 14.8. The second-order valence-corrected chi connectivity index (χ2v) is 6.57. The molecule has 4 rings (SSSR count). The SMILES string of the molecule is O=C(NC(c1ccccn1)C(F)(F)F)c1nc(-c2ccc(F)cc2F)n2ccccc12. The van der Waals surface area contributed by atoms with Crippen LogP contribution in [0.15, 0.2) is 67.0 Å². The molecule has 1 aromatic carbocycles. The molecule has 0 fully saturated rings. The molecule has 0 aliphatic rings. The predicted octanol–water partition coefficient (Wildman–Crippen LogP) is 4.71. The number of pyridine rings is 2. The van der Waals surface area contributed by atoms with Crippen LogP contribution in [0.1, 0.15) is 22.2 Å². The number of nitrogens with zero attached hydrogens (tertiary/aromatic N) is 3. The number of amides is 1. The van der Waals surface area contributed by atoms with Crippen molar-refractivity contribution in [1.82, 2.24) is 19.7 Å². The number of rotatable bonds is 4. The van der Waals surface area contributed by atoms with E-state index in [9.17, 15) is 26.7 Å². The number of nitrogens with one attached hydrogen (secondary N) is 1. The van der Waals surface area contributed by atoms with Gasteiger partial charge in [0, 0.05) is 18.5 Å². The molecule has 0 aliphatic carbocycles. The van der Waals surface area contributed by atoms with E-state index in [0.717, 1.165) is 18.2 Å². The van der Waals surface area contributed by atoms with Crippen LogP contribution in [-0.2, 0) is 0 Å². The van der Waals surface area contributed by atoms with Crippen LogP contribution in [0.25, 0.3) is 16.9 Å². The molecule has 1 N–H and O–H groups in total. The van der Waals surface area contributed by atoms with Gasteiger partial charge in [0.1, 0.15) is 17.5 Å². The minimum atomic E-state index is -4.81. The van der Waals surface area contributed by atoms with Crippen molar-refractivity contribution in [2.75, 3.05) is 0 Å². The number of hydrogen-bond donors (Lipinski definition) is 1. The van der Waals surface area contributed by atoms with Crippen molar-refractivity contribution >= 4 is 11.4 Å². The topological polar surface area (TPSA) is 59.3 Å². The Hall–Kier alpha value is -3.82. The van der Waals surface area contributed by atoms with Crippen LogP contribution in [0, 0.1) is 11.6 Å². The Morgan fingerprint density at radius 2 is 1.81 bits per heavy atom. The molecule has 0 saturated carbocycles. The fraction of sp³-hybridized carbons (Fsp3) is 0.0952. The molecule has 1 amide bonds. The van der Waals surface area contributed by atoms with Crippen molar-refractivity contribution in [2.45, 2.75) is 12.2 Å². The largest absolute Gasteiger partial charge is 0.414 e. The smallest absolute Gasteiger partial charge is 0.334 e. The van der Waals surface area contributed by atoms with Gasteiger partial charge in [-0.05, 0) is 36.4 Å². The standard InChI is InChI=1S/C21H13F5N4O/c22-12-7-8-13(14(23)11-12)19-28-17(16-6-2-4-10-30(16)19)20(31)29-18(21(24,25)26)15-5-1-3-9-27-15/h1-11,18H,(H,29,31). The van der Waals surface area contributed by atoms with Crippen molar-refractivity contribution in [1.29, 1.82) is 0 Å². The summed E-state index contributed by atoms with van der Waals surface area (Å²) in [6.45, 7) is 0. The van der Waals surface area contributed by atoms with Gasteiger partial charge >= 0.3 is 6.18 Å². The summed E-state index contributed by atoms with van der Waals surface area (Å²) in [6, 6.07) is 8.99. The maximum absolute atomic E-state index is 14.3. The number of halogens is 5. The van der Waals surface area contributed by atoms with E-state index < -0.39 is 35.5 Å². The normalized spacial score (nSPS) is 12.7. The number of hydrogen-bond acceptors (Lipinski definition) is 3. The van der Waals surface area contributed by atoms with Gasteiger partial charge < -0.3 is 5.32 Å². The number of carbonyl (C=O) groups is 1. The molecule has 0 saturated heterocycles. The lowest BCUT2D eigenvalue weighted by Crippen LogP contribution is -2.38. The summed E-state index contributed by atoms with van der Waals surface area (Å²) in [6.07, 6.45) is -2.16. The van der Waals surface area contributed by atoms with Gasteiger partial charge in [0.15, 0.2) is 11.7 Å². The van der Waals surface area contributed by atoms with E-state index in [-0.39, 0.29) is 22.6 Å². The summed E-state index contributed by atoms with van der Waals surface area (Å²) in [5.74, 6) is -2.90. The highest BCUT2D eigenvalue weighted by molar-refractivity contribution is 6.00. The third-order valence-electron chi connectivity index (χ3n) is 4.52. The summed E-state index contributed by atoms with van der Waals surface area (Å²) in [5.41, 5.74) is -0.694. The zero-order chi connectivity index (χ0) is 22.2. The second kappa shape index (κ2) is 7.78. The lowest BCUT2D eigenvalue weighted by Gasteiger charge is -2.20. The van der Waals surface area contributed by atoms with Crippen molar-refractivity contribution in [3.8, 4) is 11.4 Å². The van der Waals surface area contributed by atoms with Crippen LogP contribution < -0.4 is 5.32 Å². The quantitative estimate of drug-likeness (QED) is 0.476. The molecular weight excluding hydrogens is 419 g/mol. The number of carbonyl (C=O) groups excluding carboxylic acids is 1. The minimum Gasteiger partial charge on any atom is -0.334 e. The van der Waals surface area contributed by atoms with Crippen molar-refractivity contribution in [2.24, 2.45) is 0 Å². The fourth-order valence-electron chi connectivity index (χ4n) is 3.14. The molecule has 1 atom stereocenters. The van der Waals surface area contributed by atoms with Crippen LogP contribution in [0.3, 0.4) is 0 Å². The third kappa shape index (κ3) is 3.96. The number of benzene rings is 1. The molecular formula is C21H13F5N4O. The molecule has 3 aromatic heterocycles. The molecule has 3 heterocycles. The van der Waals surface area contributed by atoms with E-state index in [1.807, 2.05) is 5.32 Å². The average Bonchev–Trinajstić information content (AvgIpc) is 3.11. The number of aromatic nitrogens is 3. The molecule has 1 unspecified atom stereocenters. The zero-order valence-corrected chi connectivity index (χ0v) is 15.6. The van der Waals surface area contributed by atoms with Gasteiger partial charge in [-0.1, -0.05) is 12.1 Å². The summed E-state index contributed by atoms with van der Waals surface area (Å²) < 4.78 is 69.7. The highest BCUT2D eigenvalue weighted by atomic mass is 19.4. The maximum atomic E-state index is 14.3. The van der Waals surface area contributed by atoms with E-state index in [2.05, 4.69) is 9.97 Å². The van der Waals surface area contributed by atoms with Crippen LogP contribution in [-0.4, -0.2) is 26.5 Å². The fourth-order valence-corrected chi connectivity index (χ4v) is 3.14. The number of fused-ring (bicyclic) bond motifs is 1. The van der Waals surface area contributed by atoms with Crippen LogP contribution in [0.4, 0.5) is 22.0 Å². The molecule has 0 spiro atoms. The van der Waals surface area contributed by atoms with Crippen LogP contribution in [0.5, 0.6) is 0 Å². The summed E-state index contributed by atoms with van der Waals surface area (Å²) in [5, 5.41) is 1.91. The summed E-state index contributed by atoms with van der Waals surface area (Å²) >= 11 is 0. The van der Waals surface area contributed by atoms with E-state index in [1.165, 1.54) is 35.0 Å². The summed E-state index contributed by atoms with van der Waals surface area (Å²) in [4.78, 5) is 20.6. The molecule has 5 nitrogen and oxygen atoms in total. The first kappa shape index (κ1) is 20.5. The zero-order valence-electron chi connectivity index (χ0n) is 15.6. The van der Waals surface area contributed by atoms with Crippen LogP contribution >= 0.6 is 0 Å². The molecule has 0 aliphatic heterocycles.